The molecule has 1 N–H and O–H groups in total. The molecule has 0 radical (unpaired) electrons. The quantitative estimate of drug-likeness (QED) is 0.633. The van der Waals surface area contributed by atoms with Crippen LogP contribution < -0.4 is 9.62 Å². The van der Waals surface area contributed by atoms with Crippen LogP contribution in [0, 0.1) is 10.1 Å². The van der Waals surface area contributed by atoms with Gasteiger partial charge in [-0.25, -0.2) is 9.71 Å². The Morgan fingerprint density at radius 1 is 1.30 bits per heavy atom. The highest BCUT2D eigenvalue weighted by Gasteiger charge is 2.35. The number of anilines is 1. The number of hydrogen-bond acceptors (Lipinski definition) is 6. The minimum atomic E-state index is -3.39. The maximum absolute atomic E-state index is 12.1. The first kappa shape index (κ1) is 16.1. The lowest BCUT2D eigenvalue weighted by Gasteiger charge is -2.39. The Morgan fingerprint density at radius 3 is 2.70 bits per heavy atom. The van der Waals surface area contributed by atoms with E-state index in [9.17, 15) is 18.5 Å². The highest BCUT2D eigenvalue weighted by Crippen LogP contribution is 2.29. The number of pyridine rings is 1. The van der Waals surface area contributed by atoms with Crippen molar-refractivity contribution in [3.8, 4) is 0 Å². The van der Waals surface area contributed by atoms with Crippen LogP contribution in [0.25, 0.3) is 0 Å². The second-order valence-electron chi connectivity index (χ2n) is 5.69. The standard InChI is InChI=1S/C13H19N5O4S/c19-18(20)12-3-1-6-14-13(12)16-9-4-11(5-10-16)17-8-2-7-15-23(17,21)22/h1,3,6,11,15H,2,4-5,7-10H2. The van der Waals surface area contributed by atoms with Gasteiger partial charge in [-0.2, -0.15) is 12.7 Å². The van der Waals surface area contributed by atoms with Crippen LogP contribution in [0.5, 0.6) is 0 Å². The third kappa shape index (κ3) is 3.28. The summed E-state index contributed by atoms with van der Waals surface area (Å²) in [5.74, 6) is 0.357. The molecule has 23 heavy (non-hydrogen) atoms. The van der Waals surface area contributed by atoms with Gasteiger partial charge in [0.1, 0.15) is 0 Å². The molecular formula is C13H19N5O4S. The zero-order valence-electron chi connectivity index (χ0n) is 12.6. The van der Waals surface area contributed by atoms with Crippen molar-refractivity contribution in [3.05, 3.63) is 28.4 Å². The van der Waals surface area contributed by atoms with Gasteiger partial charge in [0.25, 0.3) is 10.2 Å². The SMILES string of the molecule is O=[N+]([O-])c1cccnc1N1CCC(N2CCCNS2(=O)=O)CC1. The molecule has 2 fully saturated rings. The maximum Gasteiger partial charge on any atom is 0.311 e. The van der Waals surface area contributed by atoms with Gasteiger partial charge < -0.3 is 4.90 Å². The average molecular weight is 341 g/mol. The zero-order chi connectivity index (χ0) is 16.4. The van der Waals surface area contributed by atoms with Crippen molar-refractivity contribution >= 4 is 21.7 Å². The van der Waals surface area contributed by atoms with Gasteiger partial charge in [-0.05, 0) is 25.3 Å². The fraction of sp³-hybridized carbons (Fsp3) is 0.615. The molecule has 2 saturated heterocycles. The van der Waals surface area contributed by atoms with Crippen LogP contribution in [0.1, 0.15) is 19.3 Å². The molecule has 1 aromatic heterocycles. The van der Waals surface area contributed by atoms with Crippen LogP contribution in [-0.2, 0) is 10.2 Å². The van der Waals surface area contributed by atoms with Crippen molar-refractivity contribution in [3.63, 3.8) is 0 Å². The molecule has 10 heteroatoms. The molecule has 0 aromatic carbocycles. The number of rotatable bonds is 3. The third-order valence-electron chi connectivity index (χ3n) is 4.28. The first-order chi connectivity index (χ1) is 11.0. The van der Waals surface area contributed by atoms with E-state index in [1.165, 1.54) is 16.6 Å². The number of nitro groups is 1. The molecule has 0 atom stereocenters. The smallest absolute Gasteiger partial charge is 0.311 e. The second kappa shape index (κ2) is 6.38. The summed E-state index contributed by atoms with van der Waals surface area (Å²) >= 11 is 0. The van der Waals surface area contributed by atoms with E-state index in [1.807, 2.05) is 4.90 Å². The van der Waals surface area contributed by atoms with Crippen molar-refractivity contribution in [2.75, 3.05) is 31.1 Å². The maximum atomic E-state index is 12.1. The fourth-order valence-electron chi connectivity index (χ4n) is 3.16. The van der Waals surface area contributed by atoms with Gasteiger partial charge in [0.05, 0.1) is 4.92 Å². The molecule has 0 amide bonds. The van der Waals surface area contributed by atoms with Crippen LogP contribution in [0.15, 0.2) is 18.3 Å². The Hall–Kier alpha value is -1.78. The van der Waals surface area contributed by atoms with E-state index in [0.29, 0.717) is 44.8 Å². The van der Waals surface area contributed by atoms with Gasteiger partial charge in [-0.1, -0.05) is 0 Å². The molecule has 0 unspecified atom stereocenters. The van der Waals surface area contributed by atoms with E-state index >= 15 is 0 Å². The lowest BCUT2D eigenvalue weighted by Crippen LogP contribution is -2.54. The molecule has 2 aliphatic heterocycles. The van der Waals surface area contributed by atoms with Gasteiger partial charge >= 0.3 is 5.69 Å². The van der Waals surface area contributed by atoms with Gasteiger partial charge in [0, 0.05) is 44.5 Å². The Morgan fingerprint density at radius 2 is 2.04 bits per heavy atom. The Bertz CT molecular complexity index is 687. The van der Waals surface area contributed by atoms with Gasteiger partial charge in [0.2, 0.25) is 5.82 Å². The summed E-state index contributed by atoms with van der Waals surface area (Å²) in [6, 6.07) is 2.92. The van der Waals surface area contributed by atoms with Gasteiger partial charge in [0.15, 0.2) is 0 Å². The largest absolute Gasteiger partial charge is 0.351 e. The van der Waals surface area contributed by atoms with E-state index in [0.717, 1.165) is 6.42 Å². The minimum absolute atomic E-state index is 0.0155. The number of hydrogen-bond donors (Lipinski definition) is 1. The highest BCUT2D eigenvalue weighted by atomic mass is 32.2. The molecule has 1 aromatic rings. The van der Waals surface area contributed by atoms with Crippen LogP contribution in [-0.4, -0.2) is 54.9 Å². The molecule has 126 valence electrons. The summed E-state index contributed by atoms with van der Waals surface area (Å²) in [5.41, 5.74) is -0.0155. The summed E-state index contributed by atoms with van der Waals surface area (Å²) < 4.78 is 28.2. The topological polar surface area (TPSA) is 109 Å². The first-order valence-electron chi connectivity index (χ1n) is 7.60. The summed E-state index contributed by atoms with van der Waals surface area (Å²) in [5, 5.41) is 11.1. The second-order valence-corrected chi connectivity index (χ2v) is 7.39. The Balaban J connectivity index is 1.71. The van der Waals surface area contributed by atoms with E-state index in [-0.39, 0.29) is 11.7 Å². The minimum Gasteiger partial charge on any atom is -0.351 e. The molecular weight excluding hydrogens is 322 g/mol. The van der Waals surface area contributed by atoms with Crippen LogP contribution >= 0.6 is 0 Å². The van der Waals surface area contributed by atoms with Crippen molar-refractivity contribution in [2.45, 2.75) is 25.3 Å². The van der Waals surface area contributed by atoms with E-state index in [2.05, 4.69) is 9.71 Å². The number of nitrogens with one attached hydrogen (secondary N) is 1. The predicted octanol–water partition coefficient (Wildman–Crippen LogP) is 0.499. The molecule has 3 heterocycles. The number of piperidine rings is 1. The van der Waals surface area contributed by atoms with Gasteiger partial charge in [-0.15, -0.1) is 0 Å². The van der Waals surface area contributed by atoms with Crippen LogP contribution in [0.3, 0.4) is 0 Å². The van der Waals surface area contributed by atoms with E-state index < -0.39 is 15.1 Å². The fourth-order valence-corrected chi connectivity index (χ4v) is 4.70. The molecule has 0 saturated carbocycles. The molecule has 2 aliphatic rings. The van der Waals surface area contributed by atoms with Crippen LogP contribution in [0.4, 0.5) is 11.5 Å². The van der Waals surface area contributed by atoms with Crippen molar-refractivity contribution in [2.24, 2.45) is 0 Å². The van der Waals surface area contributed by atoms with Crippen molar-refractivity contribution in [1.29, 1.82) is 0 Å². The first-order valence-corrected chi connectivity index (χ1v) is 9.04. The molecule has 0 bridgehead atoms. The normalized spacial score (nSPS) is 22.9. The average Bonchev–Trinajstić information content (AvgIpc) is 2.55. The predicted molar refractivity (Wildman–Crippen MR) is 84.4 cm³/mol. The third-order valence-corrected chi connectivity index (χ3v) is 5.95. The highest BCUT2D eigenvalue weighted by molar-refractivity contribution is 7.87. The molecule has 0 aliphatic carbocycles. The Kier molecular flexibility index (Phi) is 4.46. The number of nitrogens with zero attached hydrogens (tertiary/aromatic N) is 4. The Labute approximate surface area is 134 Å². The van der Waals surface area contributed by atoms with E-state index in [4.69, 9.17) is 0 Å². The zero-order valence-corrected chi connectivity index (χ0v) is 13.4. The molecule has 9 nitrogen and oxygen atoms in total. The van der Waals surface area contributed by atoms with Crippen LogP contribution in [0.2, 0.25) is 0 Å². The monoisotopic (exact) mass is 341 g/mol. The molecule has 0 spiro atoms. The lowest BCUT2D eigenvalue weighted by molar-refractivity contribution is -0.384. The summed E-state index contributed by atoms with van der Waals surface area (Å²) in [6.07, 6.45) is 3.60. The van der Waals surface area contributed by atoms with Crippen molar-refractivity contribution < 1.29 is 13.3 Å². The van der Waals surface area contributed by atoms with Gasteiger partial charge in [-0.3, -0.25) is 10.1 Å². The number of aromatic nitrogens is 1. The van der Waals surface area contributed by atoms with E-state index in [1.54, 1.807) is 6.07 Å². The summed E-state index contributed by atoms with van der Waals surface area (Å²) in [7, 11) is -3.39. The summed E-state index contributed by atoms with van der Waals surface area (Å²) in [6.45, 7) is 2.12. The molecule has 3 rings (SSSR count). The lowest BCUT2D eigenvalue weighted by atomic mass is 10.0. The van der Waals surface area contributed by atoms with Crippen molar-refractivity contribution in [1.82, 2.24) is 14.0 Å². The summed E-state index contributed by atoms with van der Waals surface area (Å²) in [4.78, 5) is 16.7.